The molecule has 1 fully saturated rings. The van der Waals surface area contributed by atoms with Gasteiger partial charge in [0.25, 0.3) is 5.24 Å². The molecular weight excluding hydrogens is 214 g/mol. The van der Waals surface area contributed by atoms with E-state index in [0.717, 1.165) is 30.1 Å². The maximum atomic E-state index is 11.8. The number of carbonyl (C=O) groups excluding carboxylic acids is 1. The molecule has 0 aromatic carbocycles. The number of hydrogen-bond donors (Lipinski definition) is 0. The molecule has 14 heavy (non-hydrogen) atoms. The summed E-state index contributed by atoms with van der Waals surface area (Å²) < 4.78 is 1.10. The van der Waals surface area contributed by atoms with Crippen LogP contribution < -0.4 is 0 Å². The minimum atomic E-state index is 0.215. The minimum absolute atomic E-state index is 0.215. The molecule has 1 aliphatic heterocycles. The summed E-state index contributed by atoms with van der Waals surface area (Å²) in [5, 5.41) is 2.22. The fraction of sp³-hybridized carbons (Fsp3) is 0.500. The van der Waals surface area contributed by atoms with Crippen LogP contribution in [0, 0.1) is 0 Å². The van der Waals surface area contributed by atoms with Gasteiger partial charge < -0.3 is 4.90 Å². The summed E-state index contributed by atoms with van der Waals surface area (Å²) in [6, 6.07) is 3.98. The van der Waals surface area contributed by atoms with Crippen LogP contribution in [0.4, 0.5) is 4.79 Å². The largest absolute Gasteiger partial charge is 0.333 e. The Labute approximate surface area is 92.3 Å². The van der Waals surface area contributed by atoms with E-state index in [-0.39, 0.29) is 5.24 Å². The third-order valence-electron chi connectivity index (χ3n) is 2.30. The normalized spacial score (nSPS) is 17.0. The van der Waals surface area contributed by atoms with Crippen molar-refractivity contribution in [1.29, 1.82) is 0 Å². The van der Waals surface area contributed by atoms with Crippen molar-refractivity contribution >= 4 is 28.3 Å². The Morgan fingerprint density at radius 2 is 2.14 bits per heavy atom. The molecule has 1 aromatic heterocycles. The Balaban J connectivity index is 1.88. The number of nitrogens with zero attached hydrogens (tertiary/aromatic N) is 1. The minimum Gasteiger partial charge on any atom is -0.333 e. The first-order valence-electron chi connectivity index (χ1n) is 4.86. The van der Waals surface area contributed by atoms with E-state index in [1.54, 1.807) is 11.3 Å². The molecule has 0 unspecified atom stereocenters. The highest BCUT2D eigenvalue weighted by Gasteiger charge is 2.17. The van der Waals surface area contributed by atoms with Crippen LogP contribution in [-0.2, 0) is 0 Å². The average molecular weight is 227 g/mol. The third kappa shape index (κ3) is 2.51. The number of hydrogen-bond acceptors (Lipinski definition) is 3. The molecule has 1 aliphatic rings. The highest BCUT2D eigenvalue weighted by molar-refractivity contribution is 8.14. The monoisotopic (exact) mass is 227 g/mol. The van der Waals surface area contributed by atoms with Crippen molar-refractivity contribution in [3.05, 3.63) is 17.5 Å². The molecule has 0 aliphatic carbocycles. The number of carbonyl (C=O) groups is 1. The summed E-state index contributed by atoms with van der Waals surface area (Å²) in [4.78, 5) is 13.7. The molecule has 0 atom stereocenters. The molecule has 0 bridgehead atoms. The Kier molecular flexibility index (Phi) is 3.48. The average Bonchev–Trinajstić information content (AvgIpc) is 2.72. The Bertz CT molecular complexity index is 291. The number of thiophene rings is 1. The highest BCUT2D eigenvalue weighted by atomic mass is 32.2. The van der Waals surface area contributed by atoms with E-state index >= 15 is 0 Å². The Morgan fingerprint density at radius 1 is 1.36 bits per heavy atom. The van der Waals surface area contributed by atoms with Gasteiger partial charge in [0.1, 0.15) is 0 Å². The smallest absolute Gasteiger partial charge is 0.287 e. The van der Waals surface area contributed by atoms with Crippen LogP contribution in [0.3, 0.4) is 0 Å². The van der Waals surface area contributed by atoms with Crippen molar-refractivity contribution in [2.75, 3.05) is 13.1 Å². The summed E-state index contributed by atoms with van der Waals surface area (Å²) in [6.07, 6.45) is 3.60. The van der Waals surface area contributed by atoms with Gasteiger partial charge in [-0.05, 0) is 42.5 Å². The highest BCUT2D eigenvalue weighted by Crippen LogP contribution is 2.27. The molecule has 2 rings (SSSR count). The molecule has 2 heterocycles. The molecule has 0 radical (unpaired) electrons. The van der Waals surface area contributed by atoms with Gasteiger partial charge in [0.15, 0.2) is 0 Å². The lowest BCUT2D eigenvalue weighted by Gasteiger charge is -2.25. The second-order valence-electron chi connectivity index (χ2n) is 3.35. The summed E-state index contributed by atoms with van der Waals surface area (Å²) in [5.41, 5.74) is 0. The van der Waals surface area contributed by atoms with Crippen LogP contribution in [0.5, 0.6) is 0 Å². The SMILES string of the molecule is O=C(Sc1cccs1)N1CCCCC1. The summed E-state index contributed by atoms with van der Waals surface area (Å²) >= 11 is 2.99. The maximum Gasteiger partial charge on any atom is 0.287 e. The fourth-order valence-corrected chi connectivity index (χ4v) is 3.20. The lowest BCUT2D eigenvalue weighted by molar-refractivity contribution is 0.211. The standard InChI is InChI=1S/C10H13NOS2/c12-10(11-6-2-1-3-7-11)14-9-5-4-8-13-9/h4-5,8H,1-3,6-7H2. The zero-order valence-corrected chi connectivity index (χ0v) is 9.57. The first-order chi connectivity index (χ1) is 6.86. The van der Waals surface area contributed by atoms with E-state index < -0.39 is 0 Å². The second-order valence-corrected chi connectivity index (χ2v) is 5.55. The number of likely N-dealkylation sites (tertiary alicyclic amines) is 1. The number of amides is 1. The van der Waals surface area contributed by atoms with Gasteiger partial charge in [-0.15, -0.1) is 11.3 Å². The van der Waals surface area contributed by atoms with Gasteiger partial charge in [-0.3, -0.25) is 4.79 Å². The van der Waals surface area contributed by atoms with Gasteiger partial charge in [0, 0.05) is 13.1 Å². The predicted molar refractivity (Wildman–Crippen MR) is 61.0 cm³/mol. The van der Waals surface area contributed by atoms with Crippen molar-refractivity contribution in [3.63, 3.8) is 0 Å². The zero-order chi connectivity index (χ0) is 9.80. The summed E-state index contributed by atoms with van der Waals surface area (Å²) in [6.45, 7) is 1.88. The molecular formula is C10H13NOS2. The molecule has 0 spiro atoms. The molecule has 0 N–H and O–H groups in total. The van der Waals surface area contributed by atoms with E-state index in [1.165, 1.54) is 18.2 Å². The number of thioether (sulfide) groups is 1. The van der Waals surface area contributed by atoms with E-state index in [1.807, 2.05) is 22.4 Å². The first kappa shape index (κ1) is 10.1. The van der Waals surface area contributed by atoms with Gasteiger partial charge in [-0.1, -0.05) is 6.07 Å². The Hall–Kier alpha value is -0.480. The first-order valence-corrected chi connectivity index (χ1v) is 6.56. The second kappa shape index (κ2) is 4.84. The third-order valence-corrected chi connectivity index (χ3v) is 4.27. The maximum absolute atomic E-state index is 11.8. The zero-order valence-electron chi connectivity index (χ0n) is 7.94. The van der Waals surface area contributed by atoms with Gasteiger partial charge in [0.05, 0.1) is 4.21 Å². The molecule has 0 saturated carbocycles. The molecule has 1 saturated heterocycles. The van der Waals surface area contributed by atoms with Crippen LogP contribution in [0.1, 0.15) is 19.3 Å². The van der Waals surface area contributed by atoms with Crippen molar-refractivity contribution < 1.29 is 4.79 Å². The van der Waals surface area contributed by atoms with Crippen LogP contribution in [0.2, 0.25) is 0 Å². The van der Waals surface area contributed by atoms with Gasteiger partial charge in [-0.25, -0.2) is 0 Å². The fourth-order valence-electron chi connectivity index (χ4n) is 1.55. The topological polar surface area (TPSA) is 20.3 Å². The van der Waals surface area contributed by atoms with Crippen LogP contribution in [0.15, 0.2) is 21.7 Å². The Morgan fingerprint density at radius 3 is 2.79 bits per heavy atom. The van der Waals surface area contributed by atoms with E-state index in [9.17, 15) is 4.79 Å². The summed E-state index contributed by atoms with van der Waals surface area (Å²) in [7, 11) is 0. The molecule has 4 heteroatoms. The van der Waals surface area contributed by atoms with Gasteiger partial charge in [-0.2, -0.15) is 0 Å². The number of piperidine rings is 1. The molecule has 1 aromatic rings. The predicted octanol–water partition coefficient (Wildman–Crippen LogP) is 3.45. The van der Waals surface area contributed by atoms with E-state index in [0.29, 0.717) is 0 Å². The van der Waals surface area contributed by atoms with Crippen molar-refractivity contribution in [2.45, 2.75) is 23.5 Å². The summed E-state index contributed by atoms with van der Waals surface area (Å²) in [5.74, 6) is 0. The number of rotatable bonds is 1. The molecule has 2 nitrogen and oxygen atoms in total. The molecule has 76 valence electrons. The lowest BCUT2D eigenvalue weighted by atomic mass is 10.1. The quantitative estimate of drug-likeness (QED) is 0.685. The van der Waals surface area contributed by atoms with Crippen molar-refractivity contribution in [2.24, 2.45) is 0 Å². The van der Waals surface area contributed by atoms with E-state index in [2.05, 4.69) is 0 Å². The van der Waals surface area contributed by atoms with Crippen LogP contribution in [-0.4, -0.2) is 23.2 Å². The molecule has 1 amide bonds. The van der Waals surface area contributed by atoms with Gasteiger partial charge >= 0.3 is 0 Å². The van der Waals surface area contributed by atoms with Crippen LogP contribution in [0.25, 0.3) is 0 Å². The lowest BCUT2D eigenvalue weighted by Crippen LogP contribution is -2.32. The van der Waals surface area contributed by atoms with Crippen LogP contribution >= 0.6 is 23.1 Å². The van der Waals surface area contributed by atoms with Crippen molar-refractivity contribution in [1.82, 2.24) is 4.90 Å². The van der Waals surface area contributed by atoms with E-state index in [4.69, 9.17) is 0 Å². The van der Waals surface area contributed by atoms with Gasteiger partial charge in [0.2, 0.25) is 0 Å². The van der Waals surface area contributed by atoms with Crippen molar-refractivity contribution in [3.8, 4) is 0 Å².